The van der Waals surface area contributed by atoms with Crippen molar-refractivity contribution in [1.82, 2.24) is 9.62 Å². The molecule has 0 saturated heterocycles. The largest absolute Gasteiger partial charge is 0.497 e. The van der Waals surface area contributed by atoms with E-state index in [1.807, 2.05) is 0 Å². The summed E-state index contributed by atoms with van der Waals surface area (Å²) >= 11 is 6.13. The SMILES string of the molecule is COc1ccc(OC)c([C@H](C)NC(=O)CN(Cc2ccccc2Cl)S(C)(=O)=O)c1. The Labute approximate surface area is 176 Å². The van der Waals surface area contributed by atoms with Crippen molar-refractivity contribution in [2.45, 2.75) is 19.5 Å². The number of hydrogen-bond acceptors (Lipinski definition) is 5. The van der Waals surface area contributed by atoms with Crippen LogP contribution in [0.3, 0.4) is 0 Å². The van der Waals surface area contributed by atoms with Gasteiger partial charge in [-0.25, -0.2) is 8.42 Å². The average Bonchev–Trinajstić information content (AvgIpc) is 2.67. The number of nitrogens with zero attached hydrogens (tertiary/aromatic N) is 1. The summed E-state index contributed by atoms with van der Waals surface area (Å²) in [6.07, 6.45) is 1.06. The third kappa shape index (κ3) is 6.35. The lowest BCUT2D eigenvalue weighted by Crippen LogP contribution is -2.40. The summed E-state index contributed by atoms with van der Waals surface area (Å²) in [4.78, 5) is 12.6. The number of amides is 1. The number of hydrogen-bond donors (Lipinski definition) is 1. The number of nitrogens with one attached hydrogen (secondary N) is 1. The smallest absolute Gasteiger partial charge is 0.235 e. The molecular formula is C20H25ClN2O5S. The lowest BCUT2D eigenvalue weighted by molar-refractivity contribution is -0.122. The molecule has 0 aliphatic rings. The Bertz CT molecular complexity index is 965. The Balaban J connectivity index is 2.15. The Morgan fingerprint density at radius 2 is 1.86 bits per heavy atom. The van der Waals surface area contributed by atoms with Gasteiger partial charge in [0.05, 0.1) is 33.1 Å². The van der Waals surface area contributed by atoms with Gasteiger partial charge in [-0.2, -0.15) is 4.31 Å². The van der Waals surface area contributed by atoms with E-state index >= 15 is 0 Å². The van der Waals surface area contributed by atoms with E-state index in [-0.39, 0.29) is 13.1 Å². The fourth-order valence-electron chi connectivity index (χ4n) is 2.81. The maximum atomic E-state index is 12.6. The van der Waals surface area contributed by atoms with Gasteiger partial charge in [-0.3, -0.25) is 4.79 Å². The van der Waals surface area contributed by atoms with Gasteiger partial charge in [-0.05, 0) is 36.8 Å². The van der Waals surface area contributed by atoms with Crippen LogP contribution in [0.2, 0.25) is 5.02 Å². The van der Waals surface area contributed by atoms with Crippen molar-refractivity contribution in [3.63, 3.8) is 0 Å². The van der Waals surface area contributed by atoms with E-state index in [1.165, 1.54) is 7.11 Å². The normalized spacial score (nSPS) is 12.5. The molecule has 0 fully saturated rings. The molecule has 1 N–H and O–H groups in total. The van der Waals surface area contributed by atoms with E-state index < -0.39 is 22.0 Å². The fourth-order valence-corrected chi connectivity index (χ4v) is 3.73. The van der Waals surface area contributed by atoms with Crippen LogP contribution in [0.4, 0.5) is 0 Å². The van der Waals surface area contributed by atoms with Crippen LogP contribution in [0, 0.1) is 0 Å². The summed E-state index contributed by atoms with van der Waals surface area (Å²) in [6.45, 7) is 1.46. The summed E-state index contributed by atoms with van der Waals surface area (Å²) in [7, 11) is -0.544. The lowest BCUT2D eigenvalue weighted by Gasteiger charge is -2.22. The average molecular weight is 441 g/mol. The molecule has 7 nitrogen and oxygen atoms in total. The Morgan fingerprint density at radius 1 is 1.17 bits per heavy atom. The molecular weight excluding hydrogens is 416 g/mol. The van der Waals surface area contributed by atoms with Crippen molar-refractivity contribution < 1.29 is 22.7 Å². The molecule has 0 aliphatic carbocycles. The molecule has 2 aromatic rings. The van der Waals surface area contributed by atoms with Gasteiger partial charge in [-0.1, -0.05) is 29.8 Å². The molecule has 2 rings (SSSR count). The number of benzene rings is 2. The monoisotopic (exact) mass is 440 g/mol. The molecule has 0 aliphatic heterocycles. The van der Waals surface area contributed by atoms with Crippen molar-refractivity contribution >= 4 is 27.5 Å². The zero-order chi connectivity index (χ0) is 21.6. The molecule has 0 unspecified atom stereocenters. The van der Waals surface area contributed by atoms with E-state index in [0.717, 1.165) is 16.1 Å². The number of rotatable bonds is 9. The standard InChI is InChI=1S/C20H25ClN2O5S/c1-14(17-11-16(27-2)9-10-19(17)28-3)22-20(24)13-23(29(4,25)26)12-15-7-5-6-8-18(15)21/h5-11,14H,12-13H2,1-4H3,(H,22,24)/t14-/m0/s1. The highest BCUT2D eigenvalue weighted by molar-refractivity contribution is 7.88. The second-order valence-electron chi connectivity index (χ2n) is 6.52. The molecule has 2 aromatic carbocycles. The van der Waals surface area contributed by atoms with E-state index in [1.54, 1.807) is 56.5 Å². The Morgan fingerprint density at radius 3 is 2.45 bits per heavy atom. The highest BCUT2D eigenvalue weighted by Crippen LogP contribution is 2.29. The van der Waals surface area contributed by atoms with Crippen molar-refractivity contribution in [3.8, 4) is 11.5 Å². The summed E-state index contributed by atoms with van der Waals surface area (Å²) in [5.41, 5.74) is 1.34. The molecule has 0 saturated carbocycles. The van der Waals surface area contributed by atoms with Crippen LogP contribution in [0.25, 0.3) is 0 Å². The van der Waals surface area contributed by atoms with E-state index in [9.17, 15) is 13.2 Å². The van der Waals surface area contributed by atoms with Crippen LogP contribution in [0.15, 0.2) is 42.5 Å². The molecule has 1 amide bonds. The van der Waals surface area contributed by atoms with Gasteiger partial charge < -0.3 is 14.8 Å². The van der Waals surface area contributed by atoms with E-state index in [0.29, 0.717) is 22.1 Å². The molecule has 1 atom stereocenters. The third-order valence-electron chi connectivity index (χ3n) is 4.37. The van der Waals surface area contributed by atoms with Gasteiger partial charge in [-0.15, -0.1) is 0 Å². The van der Waals surface area contributed by atoms with Crippen molar-refractivity contribution in [3.05, 3.63) is 58.6 Å². The number of methoxy groups -OCH3 is 2. The zero-order valence-corrected chi connectivity index (χ0v) is 18.4. The van der Waals surface area contributed by atoms with Crippen LogP contribution in [-0.2, 0) is 21.4 Å². The second kappa shape index (κ2) is 9.96. The predicted octanol–water partition coefficient (Wildman–Crippen LogP) is 3.00. The summed E-state index contributed by atoms with van der Waals surface area (Å²) < 4.78 is 36.0. The minimum atomic E-state index is -3.63. The highest BCUT2D eigenvalue weighted by atomic mass is 35.5. The zero-order valence-electron chi connectivity index (χ0n) is 16.8. The Kier molecular flexibility index (Phi) is 7.89. The minimum Gasteiger partial charge on any atom is -0.497 e. The molecule has 0 bridgehead atoms. The van der Waals surface area contributed by atoms with Crippen molar-refractivity contribution in [2.75, 3.05) is 27.0 Å². The van der Waals surface area contributed by atoms with Crippen molar-refractivity contribution in [1.29, 1.82) is 0 Å². The van der Waals surface area contributed by atoms with E-state index in [4.69, 9.17) is 21.1 Å². The van der Waals surface area contributed by atoms with E-state index in [2.05, 4.69) is 5.32 Å². The van der Waals surface area contributed by atoms with Gasteiger partial charge in [0, 0.05) is 17.1 Å². The first kappa shape index (κ1) is 23.0. The third-order valence-corrected chi connectivity index (χ3v) is 5.94. The van der Waals surface area contributed by atoms with Gasteiger partial charge in [0.1, 0.15) is 11.5 Å². The second-order valence-corrected chi connectivity index (χ2v) is 8.91. The summed E-state index contributed by atoms with van der Waals surface area (Å²) in [5, 5.41) is 3.25. The number of sulfonamides is 1. The van der Waals surface area contributed by atoms with Crippen LogP contribution < -0.4 is 14.8 Å². The predicted molar refractivity (Wildman–Crippen MR) is 113 cm³/mol. The van der Waals surface area contributed by atoms with Gasteiger partial charge in [0.25, 0.3) is 0 Å². The molecule has 0 aromatic heterocycles. The molecule has 0 spiro atoms. The molecule has 0 heterocycles. The van der Waals surface area contributed by atoms with Gasteiger partial charge in [0.2, 0.25) is 15.9 Å². The van der Waals surface area contributed by atoms with Crippen molar-refractivity contribution in [2.24, 2.45) is 0 Å². The fraction of sp³-hybridized carbons (Fsp3) is 0.350. The number of carbonyl (C=O) groups excluding carboxylic acids is 1. The molecule has 29 heavy (non-hydrogen) atoms. The first-order valence-corrected chi connectivity index (χ1v) is 11.1. The minimum absolute atomic E-state index is 0.00277. The maximum Gasteiger partial charge on any atom is 0.235 e. The Hall–Kier alpha value is -2.29. The number of carbonyl (C=O) groups is 1. The lowest BCUT2D eigenvalue weighted by atomic mass is 10.1. The molecule has 0 radical (unpaired) electrons. The van der Waals surface area contributed by atoms with Gasteiger partial charge >= 0.3 is 0 Å². The highest BCUT2D eigenvalue weighted by Gasteiger charge is 2.23. The number of halogens is 1. The van der Waals surface area contributed by atoms with Crippen LogP contribution in [-0.4, -0.2) is 45.7 Å². The van der Waals surface area contributed by atoms with Crippen LogP contribution in [0.5, 0.6) is 11.5 Å². The molecule has 158 valence electrons. The quantitative estimate of drug-likeness (QED) is 0.647. The maximum absolute atomic E-state index is 12.6. The van der Waals surface area contributed by atoms with Crippen LogP contribution >= 0.6 is 11.6 Å². The summed E-state index contributed by atoms with van der Waals surface area (Å²) in [5.74, 6) is 0.771. The van der Waals surface area contributed by atoms with Crippen LogP contribution in [0.1, 0.15) is 24.1 Å². The topological polar surface area (TPSA) is 84.9 Å². The first-order chi connectivity index (χ1) is 13.7. The summed E-state index contributed by atoms with van der Waals surface area (Å²) in [6, 6.07) is 11.8. The number of ether oxygens (including phenoxy) is 2. The van der Waals surface area contributed by atoms with Gasteiger partial charge in [0.15, 0.2) is 0 Å². The molecule has 9 heteroatoms. The first-order valence-electron chi connectivity index (χ1n) is 8.85.